The van der Waals surface area contributed by atoms with Gasteiger partial charge in [0.2, 0.25) is 5.43 Å². The SMILES string of the molecule is C[C@H]1COc2c(N3CCC(n4cccn4)CC3)c(F)cc3c(=O)c(C(=O)O)cn1c23.Cl. The first-order chi connectivity index (χ1) is 14.5. The highest BCUT2D eigenvalue weighted by Crippen LogP contribution is 2.43. The second kappa shape index (κ2) is 7.88. The summed E-state index contributed by atoms with van der Waals surface area (Å²) in [7, 11) is 0. The first kappa shape index (κ1) is 21.2. The minimum atomic E-state index is -1.32. The van der Waals surface area contributed by atoms with Gasteiger partial charge in [-0.05, 0) is 31.9 Å². The van der Waals surface area contributed by atoms with Crippen LogP contribution in [-0.4, -0.2) is 45.1 Å². The van der Waals surface area contributed by atoms with Crippen molar-refractivity contribution in [2.24, 2.45) is 0 Å². The standard InChI is InChI=1S/C21H21FN4O4.ClH/c1-12-11-30-20-17-14(19(27)15(21(28)29)10-25(12)17)9-16(22)18(20)24-7-3-13(4-8-24)26-6-2-5-23-26;/h2,5-6,9-10,12-13H,3-4,7-8,11H2,1H3,(H,28,29);1H/t12-;/m0./s1. The lowest BCUT2D eigenvalue weighted by Crippen LogP contribution is -2.36. The Balaban J connectivity index is 0.00000231. The van der Waals surface area contributed by atoms with Crippen molar-refractivity contribution in [3.05, 3.63) is 52.3 Å². The zero-order valence-corrected chi connectivity index (χ0v) is 17.6. The molecular weight excluding hydrogens is 427 g/mol. The molecule has 5 rings (SSSR count). The number of anilines is 1. The molecule has 31 heavy (non-hydrogen) atoms. The van der Waals surface area contributed by atoms with Crippen LogP contribution in [0.2, 0.25) is 0 Å². The van der Waals surface area contributed by atoms with Crippen LogP contribution in [0.25, 0.3) is 10.9 Å². The molecule has 10 heteroatoms. The molecular formula is C21H22ClFN4O4. The maximum absolute atomic E-state index is 15.3. The predicted octanol–water partition coefficient (Wildman–Crippen LogP) is 3.25. The van der Waals surface area contributed by atoms with Crippen LogP contribution in [0.15, 0.2) is 35.5 Å². The van der Waals surface area contributed by atoms with Crippen LogP contribution >= 0.6 is 12.4 Å². The minimum Gasteiger partial charge on any atom is -0.487 e. The van der Waals surface area contributed by atoms with E-state index in [0.717, 1.165) is 18.9 Å². The monoisotopic (exact) mass is 448 g/mol. The average molecular weight is 449 g/mol. The Morgan fingerprint density at radius 2 is 2.06 bits per heavy atom. The molecule has 0 radical (unpaired) electrons. The summed E-state index contributed by atoms with van der Waals surface area (Å²) in [5.74, 6) is -1.58. The Morgan fingerprint density at radius 1 is 1.32 bits per heavy atom. The quantitative estimate of drug-likeness (QED) is 0.661. The van der Waals surface area contributed by atoms with Crippen molar-refractivity contribution in [3.8, 4) is 5.75 Å². The van der Waals surface area contributed by atoms with E-state index in [1.807, 2.05) is 28.8 Å². The van der Waals surface area contributed by atoms with E-state index in [1.165, 1.54) is 6.20 Å². The summed E-state index contributed by atoms with van der Waals surface area (Å²) < 4.78 is 24.8. The Bertz CT molecular complexity index is 1200. The fraction of sp³-hybridized carbons (Fsp3) is 0.381. The molecule has 8 nitrogen and oxygen atoms in total. The van der Waals surface area contributed by atoms with Gasteiger partial charge in [-0.15, -0.1) is 12.4 Å². The van der Waals surface area contributed by atoms with E-state index in [2.05, 4.69) is 5.10 Å². The molecule has 3 aromatic rings. The van der Waals surface area contributed by atoms with Gasteiger partial charge in [-0.3, -0.25) is 9.48 Å². The minimum absolute atomic E-state index is 0. The van der Waals surface area contributed by atoms with Crippen molar-refractivity contribution < 1.29 is 19.0 Å². The van der Waals surface area contributed by atoms with Gasteiger partial charge in [0, 0.05) is 31.7 Å². The molecule has 1 N–H and O–H groups in total. The molecule has 2 aliphatic rings. The van der Waals surface area contributed by atoms with Gasteiger partial charge >= 0.3 is 5.97 Å². The highest BCUT2D eigenvalue weighted by molar-refractivity contribution is 5.97. The zero-order valence-electron chi connectivity index (χ0n) is 16.8. The second-order valence-corrected chi connectivity index (χ2v) is 7.88. The topological polar surface area (TPSA) is 89.6 Å². The summed E-state index contributed by atoms with van der Waals surface area (Å²) in [5, 5.41) is 13.7. The summed E-state index contributed by atoms with van der Waals surface area (Å²) in [6.07, 6.45) is 6.64. The van der Waals surface area contributed by atoms with Crippen LogP contribution in [-0.2, 0) is 0 Å². The van der Waals surface area contributed by atoms with Crippen molar-refractivity contribution in [3.63, 3.8) is 0 Å². The van der Waals surface area contributed by atoms with E-state index in [4.69, 9.17) is 4.74 Å². The van der Waals surface area contributed by atoms with Gasteiger partial charge in [0.05, 0.1) is 23.0 Å². The van der Waals surface area contributed by atoms with Crippen LogP contribution in [0.4, 0.5) is 10.1 Å². The maximum atomic E-state index is 15.3. The molecule has 0 bridgehead atoms. The first-order valence-electron chi connectivity index (χ1n) is 9.97. The number of halogens is 2. The third-order valence-corrected chi connectivity index (χ3v) is 6.05. The molecule has 0 spiro atoms. The van der Waals surface area contributed by atoms with Crippen molar-refractivity contribution in [1.82, 2.24) is 14.3 Å². The molecule has 0 amide bonds. The highest BCUT2D eigenvalue weighted by Gasteiger charge is 2.31. The van der Waals surface area contributed by atoms with Gasteiger partial charge in [-0.25, -0.2) is 9.18 Å². The van der Waals surface area contributed by atoms with E-state index < -0.39 is 17.2 Å². The number of carbonyl (C=O) groups is 1. The summed E-state index contributed by atoms with van der Waals surface area (Å²) in [5.41, 5.74) is -0.274. The van der Waals surface area contributed by atoms with Gasteiger partial charge in [0.15, 0.2) is 11.6 Å². The lowest BCUT2D eigenvalue weighted by Gasteiger charge is -2.36. The molecule has 0 unspecified atom stereocenters. The molecule has 4 heterocycles. The number of carboxylic acid groups (broad SMARTS) is 1. The Labute approximate surface area is 183 Å². The van der Waals surface area contributed by atoms with Gasteiger partial charge in [-0.1, -0.05) is 0 Å². The first-order valence-corrected chi connectivity index (χ1v) is 9.97. The largest absolute Gasteiger partial charge is 0.487 e. The maximum Gasteiger partial charge on any atom is 0.341 e. The molecule has 1 atom stereocenters. The highest BCUT2D eigenvalue weighted by atomic mass is 35.5. The molecule has 2 aliphatic heterocycles. The summed E-state index contributed by atoms with van der Waals surface area (Å²) >= 11 is 0. The Kier molecular flexibility index (Phi) is 5.38. The number of benzene rings is 1. The number of aromatic nitrogens is 3. The molecule has 1 fully saturated rings. The van der Waals surface area contributed by atoms with Gasteiger partial charge < -0.3 is 19.3 Å². The van der Waals surface area contributed by atoms with E-state index >= 15 is 4.39 Å². The second-order valence-electron chi connectivity index (χ2n) is 7.88. The van der Waals surface area contributed by atoms with E-state index in [0.29, 0.717) is 30.0 Å². The third-order valence-electron chi connectivity index (χ3n) is 6.05. The summed E-state index contributed by atoms with van der Waals surface area (Å²) in [6.45, 7) is 3.38. The normalized spacial score (nSPS) is 18.5. The Morgan fingerprint density at radius 3 is 2.71 bits per heavy atom. The zero-order chi connectivity index (χ0) is 21.0. The lowest BCUT2D eigenvalue weighted by molar-refractivity contribution is 0.0694. The van der Waals surface area contributed by atoms with Crippen molar-refractivity contribution in [2.45, 2.75) is 31.8 Å². The van der Waals surface area contributed by atoms with Crippen LogP contribution < -0.4 is 15.1 Å². The predicted molar refractivity (Wildman–Crippen MR) is 115 cm³/mol. The third kappa shape index (κ3) is 3.33. The number of hydrogen-bond donors (Lipinski definition) is 1. The van der Waals surface area contributed by atoms with Crippen molar-refractivity contribution in [2.75, 3.05) is 24.6 Å². The van der Waals surface area contributed by atoms with E-state index in [-0.39, 0.29) is 42.0 Å². The number of nitrogens with zero attached hydrogens (tertiary/aromatic N) is 4. The molecule has 1 aromatic carbocycles. The van der Waals surface area contributed by atoms with Crippen molar-refractivity contribution >= 4 is 35.0 Å². The average Bonchev–Trinajstić information content (AvgIpc) is 3.27. The number of rotatable bonds is 3. The van der Waals surface area contributed by atoms with Gasteiger partial charge in [0.1, 0.15) is 17.9 Å². The smallest absolute Gasteiger partial charge is 0.341 e. The van der Waals surface area contributed by atoms with Gasteiger partial charge in [-0.2, -0.15) is 5.10 Å². The van der Waals surface area contributed by atoms with Gasteiger partial charge in [0.25, 0.3) is 0 Å². The number of carboxylic acids is 1. The number of piperidine rings is 1. The summed E-state index contributed by atoms with van der Waals surface area (Å²) in [4.78, 5) is 26.2. The molecule has 2 aromatic heterocycles. The van der Waals surface area contributed by atoms with Crippen LogP contribution in [0, 0.1) is 5.82 Å². The fourth-order valence-electron chi connectivity index (χ4n) is 4.51. The van der Waals surface area contributed by atoms with Crippen LogP contribution in [0.1, 0.15) is 42.2 Å². The van der Waals surface area contributed by atoms with E-state index in [1.54, 1.807) is 10.8 Å². The van der Waals surface area contributed by atoms with Crippen molar-refractivity contribution in [1.29, 1.82) is 0 Å². The Hall–Kier alpha value is -3.07. The lowest BCUT2D eigenvalue weighted by atomic mass is 10.0. The summed E-state index contributed by atoms with van der Waals surface area (Å²) in [6, 6.07) is 3.12. The molecule has 0 aliphatic carbocycles. The molecule has 1 saturated heterocycles. The number of hydrogen-bond acceptors (Lipinski definition) is 5. The van der Waals surface area contributed by atoms with E-state index in [9.17, 15) is 14.7 Å². The molecule has 164 valence electrons. The van der Waals surface area contributed by atoms with Crippen LogP contribution in [0.5, 0.6) is 5.75 Å². The number of pyridine rings is 1. The number of ether oxygens (including phenoxy) is 1. The fourth-order valence-corrected chi connectivity index (χ4v) is 4.51. The number of aromatic carboxylic acids is 1. The molecule has 0 saturated carbocycles. The van der Waals surface area contributed by atoms with Crippen LogP contribution in [0.3, 0.4) is 0 Å².